The Morgan fingerprint density at radius 3 is 2.56 bits per heavy atom. The van der Waals surface area contributed by atoms with Crippen LogP contribution < -0.4 is 15.4 Å². The highest BCUT2D eigenvalue weighted by Gasteiger charge is 2.34. The third-order valence-corrected chi connectivity index (χ3v) is 7.45. The van der Waals surface area contributed by atoms with Crippen molar-refractivity contribution in [1.29, 1.82) is 5.41 Å². The number of amides is 1. The number of benzene rings is 2. The fraction of sp³-hybridized carbons (Fsp3) is 0.281. The highest BCUT2D eigenvalue weighted by molar-refractivity contribution is 6.30. The number of piperazine rings is 1. The summed E-state index contributed by atoms with van der Waals surface area (Å²) in [5.41, 5.74) is 1.08. The van der Waals surface area contributed by atoms with Crippen LogP contribution in [0.25, 0.3) is 0 Å². The molecule has 45 heavy (non-hydrogen) atoms. The maximum atomic E-state index is 14.1. The predicted molar refractivity (Wildman–Crippen MR) is 167 cm³/mol. The number of amidine groups is 2. The SMILES string of the molecule is CN/C=C1\C(=N)N=C(c2cccnc2)N=C1Oc1ccc(C)c(C(=O)Nc2ccc(CN3CCN(C)CC3)c(C(F)(F)F)c2)c1. The van der Waals surface area contributed by atoms with Crippen LogP contribution in [0.5, 0.6) is 5.75 Å². The van der Waals surface area contributed by atoms with Gasteiger partial charge in [0.25, 0.3) is 5.91 Å². The first-order valence-electron chi connectivity index (χ1n) is 14.3. The van der Waals surface area contributed by atoms with E-state index in [0.717, 1.165) is 19.2 Å². The summed E-state index contributed by atoms with van der Waals surface area (Å²) < 4.78 is 48.3. The molecule has 5 rings (SSSR count). The minimum atomic E-state index is -4.59. The lowest BCUT2D eigenvalue weighted by Gasteiger charge is -2.33. The van der Waals surface area contributed by atoms with Gasteiger partial charge in [0.1, 0.15) is 5.75 Å². The van der Waals surface area contributed by atoms with Crippen molar-refractivity contribution < 1.29 is 22.7 Å². The van der Waals surface area contributed by atoms with E-state index in [1.54, 1.807) is 50.6 Å². The van der Waals surface area contributed by atoms with Gasteiger partial charge in [0.2, 0.25) is 5.90 Å². The lowest BCUT2D eigenvalue weighted by atomic mass is 10.0. The maximum absolute atomic E-state index is 14.1. The summed E-state index contributed by atoms with van der Waals surface area (Å²) in [5, 5.41) is 13.9. The molecule has 0 bridgehead atoms. The van der Waals surface area contributed by atoms with E-state index in [9.17, 15) is 18.0 Å². The first-order chi connectivity index (χ1) is 21.5. The normalized spacial score (nSPS) is 17.1. The van der Waals surface area contributed by atoms with Crippen LogP contribution in [0, 0.1) is 12.3 Å². The van der Waals surface area contributed by atoms with Crippen LogP contribution in [-0.4, -0.2) is 78.5 Å². The van der Waals surface area contributed by atoms with E-state index in [-0.39, 0.29) is 52.3 Å². The zero-order chi connectivity index (χ0) is 32.1. The second-order valence-electron chi connectivity index (χ2n) is 10.8. The number of aryl methyl sites for hydroxylation is 1. The number of aromatic nitrogens is 1. The molecule has 0 aliphatic carbocycles. The van der Waals surface area contributed by atoms with E-state index in [4.69, 9.17) is 10.1 Å². The molecule has 0 saturated carbocycles. The first-order valence-corrected chi connectivity index (χ1v) is 14.3. The van der Waals surface area contributed by atoms with Gasteiger partial charge in [-0.05, 0) is 61.5 Å². The topological polar surface area (TPSA) is 118 Å². The minimum absolute atomic E-state index is 0.0295. The van der Waals surface area contributed by atoms with Crippen LogP contribution in [0.3, 0.4) is 0 Å². The Labute approximate surface area is 258 Å². The van der Waals surface area contributed by atoms with Crippen molar-refractivity contribution >= 4 is 29.2 Å². The Morgan fingerprint density at radius 2 is 1.87 bits per heavy atom. The number of hydrogen-bond acceptors (Lipinski definition) is 8. The monoisotopic (exact) mass is 618 g/mol. The number of halogens is 3. The van der Waals surface area contributed by atoms with Gasteiger partial charge in [-0.2, -0.15) is 18.2 Å². The molecule has 1 saturated heterocycles. The number of anilines is 1. The molecule has 0 atom stereocenters. The molecule has 1 fully saturated rings. The third kappa shape index (κ3) is 7.62. The number of likely N-dealkylation sites (N-methyl/N-ethyl adjacent to an activating group) is 1. The molecule has 3 aromatic rings. The number of aliphatic imine (C=N–C) groups is 2. The lowest BCUT2D eigenvalue weighted by molar-refractivity contribution is -0.138. The number of nitrogens with zero attached hydrogens (tertiary/aromatic N) is 5. The molecule has 2 aliphatic rings. The van der Waals surface area contributed by atoms with E-state index in [1.165, 1.54) is 24.4 Å². The van der Waals surface area contributed by atoms with Crippen molar-refractivity contribution in [3.63, 3.8) is 0 Å². The molecular weight excluding hydrogens is 585 g/mol. The van der Waals surface area contributed by atoms with Crippen molar-refractivity contribution in [2.75, 3.05) is 45.6 Å². The largest absolute Gasteiger partial charge is 0.438 e. The third-order valence-electron chi connectivity index (χ3n) is 7.45. The summed E-state index contributed by atoms with van der Waals surface area (Å²) in [6, 6.07) is 12.2. The van der Waals surface area contributed by atoms with Crippen LogP contribution in [0.1, 0.15) is 32.6 Å². The highest BCUT2D eigenvalue weighted by Crippen LogP contribution is 2.35. The highest BCUT2D eigenvalue weighted by atomic mass is 19.4. The van der Waals surface area contributed by atoms with Crippen molar-refractivity contribution in [2.24, 2.45) is 9.98 Å². The smallest absolute Gasteiger partial charge is 0.416 e. The van der Waals surface area contributed by atoms with Crippen molar-refractivity contribution in [3.05, 3.63) is 101 Å². The summed E-state index contributed by atoms with van der Waals surface area (Å²) >= 11 is 0. The zero-order valence-electron chi connectivity index (χ0n) is 25.1. The molecule has 1 aromatic heterocycles. The molecular formula is C32H33F3N8O2. The van der Waals surface area contributed by atoms with Crippen molar-refractivity contribution in [1.82, 2.24) is 20.1 Å². The summed E-state index contributed by atoms with van der Waals surface area (Å²) in [6.45, 7) is 4.84. The Bertz CT molecular complexity index is 1680. The number of carbonyl (C=O) groups is 1. The number of alkyl halides is 3. The van der Waals surface area contributed by atoms with Gasteiger partial charge in [-0.3, -0.25) is 20.1 Å². The molecule has 234 valence electrons. The predicted octanol–water partition coefficient (Wildman–Crippen LogP) is 4.73. The summed E-state index contributed by atoms with van der Waals surface area (Å²) in [6.07, 6.45) is 0.115. The van der Waals surface area contributed by atoms with Gasteiger partial charge >= 0.3 is 6.18 Å². The van der Waals surface area contributed by atoms with Crippen molar-refractivity contribution in [3.8, 4) is 5.75 Å². The second kappa shape index (κ2) is 13.4. The first kappa shape index (κ1) is 31.5. The quantitative estimate of drug-likeness (QED) is 0.353. The summed E-state index contributed by atoms with van der Waals surface area (Å²) in [5.74, 6) is -0.137. The lowest BCUT2D eigenvalue weighted by Crippen LogP contribution is -2.44. The van der Waals surface area contributed by atoms with Crippen LogP contribution in [0.15, 0.2) is 82.7 Å². The maximum Gasteiger partial charge on any atom is 0.416 e. The Hall–Kier alpha value is -4.88. The average Bonchev–Trinajstić information content (AvgIpc) is 3.01. The van der Waals surface area contributed by atoms with Gasteiger partial charge in [-0.1, -0.05) is 12.1 Å². The summed E-state index contributed by atoms with van der Waals surface area (Å²) in [7, 11) is 3.65. The molecule has 0 spiro atoms. The number of nitrogens with one attached hydrogen (secondary N) is 3. The number of carbonyl (C=O) groups excluding carboxylic acids is 1. The van der Waals surface area contributed by atoms with E-state index in [2.05, 4.69) is 30.5 Å². The molecule has 2 aromatic carbocycles. The van der Waals surface area contributed by atoms with Crippen molar-refractivity contribution in [2.45, 2.75) is 19.6 Å². The molecule has 10 nitrogen and oxygen atoms in total. The molecule has 2 aliphatic heterocycles. The van der Waals surface area contributed by atoms with Gasteiger partial charge in [-0.15, -0.1) is 0 Å². The van der Waals surface area contributed by atoms with Crippen LogP contribution in [0.2, 0.25) is 0 Å². The molecule has 13 heteroatoms. The standard InChI is InChI=1S/C32H33F3N8O2/c1-20-6-9-24(45-31-26(18-37-2)28(36)40-29(41-31)21-5-4-10-38-17-21)16-25(20)30(44)39-23-8-7-22(27(15-23)32(33,34)35)19-43-13-11-42(3)12-14-43/h4-10,15-18,36-37H,11-14,19H2,1-3H3,(H,39,44)/b26-18+,36-28?. The van der Waals surface area contributed by atoms with Crippen LogP contribution >= 0.6 is 0 Å². The Morgan fingerprint density at radius 1 is 1.09 bits per heavy atom. The van der Waals surface area contributed by atoms with Gasteiger partial charge in [0.15, 0.2) is 11.7 Å². The molecule has 3 N–H and O–H groups in total. The average molecular weight is 619 g/mol. The van der Waals surface area contributed by atoms with Gasteiger partial charge < -0.3 is 20.3 Å². The fourth-order valence-corrected chi connectivity index (χ4v) is 4.95. The molecule has 3 heterocycles. The zero-order valence-corrected chi connectivity index (χ0v) is 25.1. The summed E-state index contributed by atoms with van der Waals surface area (Å²) in [4.78, 5) is 30.3. The van der Waals surface area contributed by atoms with Gasteiger partial charge in [-0.25, -0.2) is 4.99 Å². The number of hydrogen-bond donors (Lipinski definition) is 3. The van der Waals surface area contributed by atoms with Crippen LogP contribution in [0.4, 0.5) is 18.9 Å². The van der Waals surface area contributed by atoms with Gasteiger partial charge in [0.05, 0.1) is 11.1 Å². The van der Waals surface area contributed by atoms with E-state index in [0.29, 0.717) is 24.2 Å². The van der Waals surface area contributed by atoms with E-state index < -0.39 is 17.6 Å². The Kier molecular flexibility index (Phi) is 9.40. The van der Waals surface area contributed by atoms with Gasteiger partial charge in [0, 0.05) is 75.2 Å². The number of ether oxygens (including phenoxy) is 1. The van der Waals surface area contributed by atoms with Crippen LogP contribution in [-0.2, 0) is 12.7 Å². The Balaban J connectivity index is 1.37. The minimum Gasteiger partial charge on any atom is -0.438 e. The fourth-order valence-electron chi connectivity index (χ4n) is 4.95. The second-order valence-corrected chi connectivity index (χ2v) is 10.8. The van der Waals surface area contributed by atoms with E-state index in [1.807, 2.05) is 11.9 Å². The van der Waals surface area contributed by atoms with E-state index >= 15 is 0 Å². The molecule has 1 amide bonds. The number of pyridine rings is 1. The number of rotatable bonds is 7. The molecule has 0 radical (unpaired) electrons. The molecule has 0 unspecified atom stereocenters.